The van der Waals surface area contributed by atoms with Crippen LogP contribution in [-0.4, -0.2) is 73.0 Å². The van der Waals surface area contributed by atoms with Crippen molar-refractivity contribution >= 4 is 5.91 Å². The third-order valence-corrected chi connectivity index (χ3v) is 7.50. The fourth-order valence-electron chi connectivity index (χ4n) is 4.94. The average Bonchev–Trinajstić information content (AvgIpc) is 2.93. The fraction of sp³-hybridized carbons (Fsp3) is 0.424. The molecular formula is C33H44FN3O2. The number of benzene rings is 3. The maximum atomic E-state index is 13.1. The summed E-state index contributed by atoms with van der Waals surface area (Å²) >= 11 is 0. The molecule has 210 valence electrons. The molecule has 1 aliphatic heterocycles. The van der Waals surface area contributed by atoms with Crippen LogP contribution in [0.25, 0.3) is 0 Å². The van der Waals surface area contributed by atoms with Gasteiger partial charge in [0.1, 0.15) is 11.6 Å². The molecule has 0 bridgehead atoms. The van der Waals surface area contributed by atoms with E-state index in [2.05, 4.69) is 36.8 Å². The van der Waals surface area contributed by atoms with Gasteiger partial charge in [-0.15, -0.1) is 0 Å². The summed E-state index contributed by atoms with van der Waals surface area (Å²) in [5.41, 5.74) is 4.19. The van der Waals surface area contributed by atoms with Gasteiger partial charge in [-0.05, 0) is 94.3 Å². The minimum Gasteiger partial charge on any atom is -0.497 e. The smallest absolute Gasteiger partial charge is 0.253 e. The summed E-state index contributed by atoms with van der Waals surface area (Å²) in [6.07, 6.45) is 0.830. The quantitative estimate of drug-likeness (QED) is 0.350. The normalized spacial score (nSPS) is 17.7. The van der Waals surface area contributed by atoms with Crippen LogP contribution in [0.5, 0.6) is 5.75 Å². The molecule has 39 heavy (non-hydrogen) atoms. The van der Waals surface area contributed by atoms with Crippen LogP contribution in [0.1, 0.15) is 54.7 Å². The lowest BCUT2D eigenvalue weighted by molar-refractivity contribution is 0.0545. The van der Waals surface area contributed by atoms with E-state index in [0.717, 1.165) is 56.0 Å². The number of carbonyl (C=O) groups excluding carboxylic acids is 1. The molecule has 0 unspecified atom stereocenters. The second-order valence-electron chi connectivity index (χ2n) is 10.4. The van der Waals surface area contributed by atoms with Crippen molar-refractivity contribution in [3.05, 3.63) is 101 Å². The fourth-order valence-corrected chi connectivity index (χ4v) is 4.94. The van der Waals surface area contributed by atoms with Gasteiger partial charge in [-0.3, -0.25) is 9.69 Å². The monoisotopic (exact) mass is 533 g/mol. The van der Waals surface area contributed by atoms with E-state index in [4.69, 9.17) is 4.74 Å². The van der Waals surface area contributed by atoms with Gasteiger partial charge < -0.3 is 14.5 Å². The molecule has 0 aromatic heterocycles. The zero-order valence-corrected chi connectivity index (χ0v) is 24.4. The van der Waals surface area contributed by atoms with Crippen LogP contribution in [-0.2, 0) is 13.0 Å². The molecule has 0 radical (unpaired) electrons. The Labute approximate surface area is 234 Å². The first kappa shape index (κ1) is 30.3. The van der Waals surface area contributed by atoms with Gasteiger partial charge in [-0.25, -0.2) is 4.39 Å². The summed E-state index contributed by atoms with van der Waals surface area (Å²) in [4.78, 5) is 18.9. The summed E-state index contributed by atoms with van der Waals surface area (Å²) in [6.45, 7) is 12.9. The van der Waals surface area contributed by atoms with Crippen LogP contribution >= 0.6 is 0 Å². The number of amides is 1. The molecule has 4 rings (SSSR count). The summed E-state index contributed by atoms with van der Waals surface area (Å²) in [7, 11) is 3.84. The predicted octanol–water partition coefficient (Wildman–Crippen LogP) is 6.12. The van der Waals surface area contributed by atoms with Crippen molar-refractivity contribution in [3.8, 4) is 5.75 Å². The van der Waals surface area contributed by atoms with Crippen LogP contribution in [0.3, 0.4) is 0 Å². The van der Waals surface area contributed by atoms with Gasteiger partial charge in [0.15, 0.2) is 0 Å². The number of carbonyl (C=O) groups is 1. The largest absolute Gasteiger partial charge is 0.497 e. The average molecular weight is 534 g/mol. The number of rotatable bonds is 8. The Balaban J connectivity index is 0.000000223. The third kappa shape index (κ3) is 8.91. The van der Waals surface area contributed by atoms with Gasteiger partial charge >= 0.3 is 0 Å². The number of hydrogen-bond donors (Lipinski definition) is 0. The molecule has 1 amide bonds. The van der Waals surface area contributed by atoms with Crippen molar-refractivity contribution in [1.82, 2.24) is 14.7 Å². The number of methoxy groups -OCH3 is 1. The minimum absolute atomic E-state index is 0.0953. The predicted molar refractivity (Wildman–Crippen MR) is 158 cm³/mol. The molecule has 0 saturated carbocycles. The molecule has 6 heteroatoms. The van der Waals surface area contributed by atoms with Crippen molar-refractivity contribution in [1.29, 1.82) is 0 Å². The molecule has 2 atom stereocenters. The molecule has 1 heterocycles. The highest BCUT2D eigenvalue weighted by Gasteiger charge is 2.26. The van der Waals surface area contributed by atoms with E-state index in [0.29, 0.717) is 12.1 Å². The number of hydrogen-bond acceptors (Lipinski definition) is 4. The van der Waals surface area contributed by atoms with Crippen molar-refractivity contribution < 1.29 is 13.9 Å². The second-order valence-corrected chi connectivity index (χ2v) is 10.4. The van der Waals surface area contributed by atoms with Crippen molar-refractivity contribution in [2.45, 2.75) is 52.7 Å². The number of nitrogens with zero attached hydrogens (tertiary/aromatic N) is 3. The van der Waals surface area contributed by atoms with Crippen molar-refractivity contribution in [3.63, 3.8) is 0 Å². The number of piperazine rings is 1. The lowest BCUT2D eigenvalue weighted by Gasteiger charge is -2.42. The van der Waals surface area contributed by atoms with Gasteiger partial charge in [-0.1, -0.05) is 36.4 Å². The molecule has 1 saturated heterocycles. The first-order valence-electron chi connectivity index (χ1n) is 13.9. The second kappa shape index (κ2) is 14.8. The molecule has 3 aromatic carbocycles. The van der Waals surface area contributed by atoms with Gasteiger partial charge in [0.25, 0.3) is 5.91 Å². The maximum Gasteiger partial charge on any atom is 0.253 e. The summed E-state index contributed by atoms with van der Waals surface area (Å²) in [5.74, 6) is 0.820. The summed E-state index contributed by atoms with van der Waals surface area (Å²) in [6, 6.07) is 23.9. The van der Waals surface area contributed by atoms with E-state index in [1.807, 2.05) is 67.3 Å². The Morgan fingerprint density at radius 2 is 1.56 bits per heavy atom. The number of likely N-dealkylation sites (N-methyl/N-ethyl adjacent to an activating group) is 1. The van der Waals surface area contributed by atoms with E-state index in [-0.39, 0.29) is 11.7 Å². The summed E-state index contributed by atoms with van der Waals surface area (Å²) in [5, 5.41) is 0. The topological polar surface area (TPSA) is 36.0 Å². The number of halogens is 1. The minimum atomic E-state index is -0.141. The molecule has 5 nitrogen and oxygen atoms in total. The van der Waals surface area contributed by atoms with Gasteiger partial charge in [0, 0.05) is 50.4 Å². The Kier molecular flexibility index (Phi) is 11.5. The molecule has 0 spiro atoms. The Morgan fingerprint density at radius 1 is 0.897 bits per heavy atom. The molecule has 0 aliphatic carbocycles. The van der Waals surface area contributed by atoms with E-state index in [1.54, 1.807) is 19.2 Å². The van der Waals surface area contributed by atoms with Gasteiger partial charge in [0.2, 0.25) is 0 Å². The van der Waals surface area contributed by atoms with Crippen molar-refractivity contribution in [2.75, 3.05) is 40.3 Å². The van der Waals surface area contributed by atoms with Crippen molar-refractivity contribution in [2.24, 2.45) is 0 Å². The highest BCUT2D eigenvalue weighted by atomic mass is 19.1. The van der Waals surface area contributed by atoms with Crippen LogP contribution in [0, 0.1) is 5.82 Å². The molecular weight excluding hydrogens is 489 g/mol. The SMILES string of the molecule is CCN(CC)C(=O)c1ccc(Cc2cccc(OC)c2)cc1.C[C@@H]1CN(C)[C@@H](C)CN1Cc1cccc(F)c1. The van der Waals surface area contributed by atoms with Gasteiger partial charge in [0.05, 0.1) is 7.11 Å². The van der Waals surface area contributed by atoms with Crippen LogP contribution in [0.15, 0.2) is 72.8 Å². The Bertz CT molecular complexity index is 1180. The van der Waals surface area contributed by atoms with E-state index in [9.17, 15) is 9.18 Å². The highest BCUT2D eigenvalue weighted by molar-refractivity contribution is 5.94. The molecule has 0 N–H and O–H groups in total. The molecule has 1 fully saturated rings. The van der Waals surface area contributed by atoms with Crippen LogP contribution < -0.4 is 4.74 Å². The molecule has 1 aliphatic rings. The standard InChI is InChI=1S/C19H23NO2.C14H21FN2/c1-4-20(5-2)19(21)17-11-9-15(10-12-17)13-16-7-6-8-18(14-16)22-3;1-11-9-17(12(2)8-16(11)3)10-13-5-4-6-14(15)7-13/h6-12,14H,4-5,13H2,1-3H3;4-7,11-12H,8-10H2,1-3H3/t;11-,12+/m.0/s1. The van der Waals surface area contributed by atoms with E-state index in [1.165, 1.54) is 17.2 Å². The van der Waals surface area contributed by atoms with E-state index < -0.39 is 0 Å². The highest BCUT2D eigenvalue weighted by Crippen LogP contribution is 2.18. The zero-order valence-electron chi connectivity index (χ0n) is 24.4. The number of ether oxygens (including phenoxy) is 1. The zero-order chi connectivity index (χ0) is 28.4. The van der Waals surface area contributed by atoms with Crippen LogP contribution in [0.2, 0.25) is 0 Å². The molecule has 3 aromatic rings. The van der Waals surface area contributed by atoms with Gasteiger partial charge in [-0.2, -0.15) is 0 Å². The van der Waals surface area contributed by atoms with Crippen LogP contribution in [0.4, 0.5) is 4.39 Å². The first-order valence-corrected chi connectivity index (χ1v) is 13.9. The summed E-state index contributed by atoms with van der Waals surface area (Å²) < 4.78 is 18.4. The third-order valence-electron chi connectivity index (χ3n) is 7.50. The Morgan fingerprint density at radius 3 is 2.21 bits per heavy atom. The van der Waals surface area contributed by atoms with E-state index >= 15 is 0 Å². The first-order chi connectivity index (χ1) is 18.7. The lowest BCUT2D eigenvalue weighted by atomic mass is 10.0. The lowest BCUT2D eigenvalue weighted by Crippen LogP contribution is -2.54. The maximum absolute atomic E-state index is 13.1. The Hall–Kier alpha value is -3.22.